The number of imidazole rings is 1. The summed E-state index contributed by atoms with van der Waals surface area (Å²) in [5.74, 6) is 0.400. The van der Waals surface area contributed by atoms with E-state index in [0.29, 0.717) is 16.3 Å². The quantitative estimate of drug-likeness (QED) is 0.520. The van der Waals surface area contributed by atoms with Gasteiger partial charge in [0.1, 0.15) is 11.6 Å². The maximum absolute atomic E-state index is 14.3. The minimum absolute atomic E-state index is 0.288. The van der Waals surface area contributed by atoms with Gasteiger partial charge < -0.3 is 10.3 Å². The molecule has 0 aliphatic rings. The highest BCUT2D eigenvalue weighted by molar-refractivity contribution is 6.31. The van der Waals surface area contributed by atoms with Gasteiger partial charge in [-0.05, 0) is 36.4 Å². The Morgan fingerprint density at radius 2 is 1.80 bits per heavy atom. The van der Waals surface area contributed by atoms with E-state index in [1.807, 2.05) is 53.1 Å². The summed E-state index contributed by atoms with van der Waals surface area (Å²) in [6, 6.07) is 20.0. The Balaban J connectivity index is 1.94. The van der Waals surface area contributed by atoms with Crippen molar-refractivity contribution in [3.8, 4) is 11.4 Å². The molecule has 5 heteroatoms. The van der Waals surface area contributed by atoms with Crippen molar-refractivity contribution in [3.63, 3.8) is 0 Å². The minimum atomic E-state index is -0.330. The lowest BCUT2D eigenvalue weighted by Gasteiger charge is -2.12. The third kappa shape index (κ3) is 2.85. The van der Waals surface area contributed by atoms with Crippen LogP contribution in [0, 0.1) is 5.82 Å². The molecule has 1 heterocycles. The largest absolute Gasteiger partial charge is 0.399 e. The van der Waals surface area contributed by atoms with Crippen molar-refractivity contribution in [2.75, 3.05) is 5.73 Å². The molecule has 0 atom stereocenters. The highest BCUT2D eigenvalue weighted by Crippen LogP contribution is 2.29. The van der Waals surface area contributed by atoms with Crippen LogP contribution in [0.2, 0.25) is 5.02 Å². The lowest BCUT2D eigenvalue weighted by Crippen LogP contribution is -2.05. The van der Waals surface area contributed by atoms with E-state index in [4.69, 9.17) is 22.3 Å². The minimum Gasteiger partial charge on any atom is -0.399 e. The van der Waals surface area contributed by atoms with Gasteiger partial charge in [-0.2, -0.15) is 0 Å². The average molecular weight is 352 g/mol. The number of anilines is 1. The predicted octanol–water partition coefficient (Wildman–Crippen LogP) is 5.13. The Morgan fingerprint density at radius 3 is 2.60 bits per heavy atom. The highest BCUT2D eigenvalue weighted by Gasteiger charge is 2.16. The van der Waals surface area contributed by atoms with Crippen molar-refractivity contribution >= 4 is 28.3 Å². The lowest BCUT2D eigenvalue weighted by molar-refractivity contribution is 0.602. The second-order valence-electron chi connectivity index (χ2n) is 5.84. The number of nitrogens with zero attached hydrogens (tertiary/aromatic N) is 2. The molecule has 2 N–H and O–H groups in total. The van der Waals surface area contributed by atoms with E-state index in [1.54, 1.807) is 12.1 Å². The fourth-order valence-electron chi connectivity index (χ4n) is 2.98. The number of aromatic nitrogens is 2. The summed E-state index contributed by atoms with van der Waals surface area (Å²) < 4.78 is 16.3. The maximum Gasteiger partial charge on any atom is 0.141 e. The van der Waals surface area contributed by atoms with Crippen molar-refractivity contribution in [2.45, 2.75) is 6.54 Å². The molecule has 0 spiro atoms. The smallest absolute Gasteiger partial charge is 0.141 e. The molecule has 0 saturated carbocycles. The van der Waals surface area contributed by atoms with E-state index in [-0.39, 0.29) is 12.4 Å². The van der Waals surface area contributed by atoms with Crippen molar-refractivity contribution in [1.82, 2.24) is 9.55 Å². The summed E-state index contributed by atoms with van der Waals surface area (Å²) in [5, 5.41) is 0.399. The molecule has 0 saturated heterocycles. The van der Waals surface area contributed by atoms with E-state index in [1.165, 1.54) is 6.07 Å². The van der Waals surface area contributed by atoms with Crippen molar-refractivity contribution < 1.29 is 4.39 Å². The van der Waals surface area contributed by atoms with Gasteiger partial charge in [0.15, 0.2) is 0 Å². The van der Waals surface area contributed by atoms with E-state index < -0.39 is 0 Å². The molecular formula is C20H15ClFN3. The average Bonchev–Trinajstić information content (AvgIpc) is 2.97. The summed E-state index contributed by atoms with van der Waals surface area (Å²) in [7, 11) is 0. The van der Waals surface area contributed by atoms with Crippen molar-refractivity contribution in [1.29, 1.82) is 0 Å². The number of benzene rings is 3. The predicted molar refractivity (Wildman–Crippen MR) is 100 cm³/mol. The third-order valence-corrected chi connectivity index (χ3v) is 4.53. The number of hydrogen-bond acceptors (Lipinski definition) is 2. The van der Waals surface area contributed by atoms with Crippen LogP contribution in [0.5, 0.6) is 0 Å². The molecule has 3 nitrogen and oxygen atoms in total. The van der Waals surface area contributed by atoms with E-state index in [0.717, 1.165) is 22.4 Å². The molecule has 0 radical (unpaired) electrons. The molecule has 1 aromatic heterocycles. The zero-order chi connectivity index (χ0) is 17.4. The van der Waals surface area contributed by atoms with E-state index >= 15 is 0 Å². The molecule has 0 aliphatic carbocycles. The second kappa shape index (κ2) is 6.22. The molecule has 124 valence electrons. The number of para-hydroxylation sites is 2. The molecular weight excluding hydrogens is 337 g/mol. The van der Waals surface area contributed by atoms with Gasteiger partial charge in [0.2, 0.25) is 0 Å². The number of hydrogen-bond donors (Lipinski definition) is 1. The second-order valence-corrected chi connectivity index (χ2v) is 6.24. The van der Waals surface area contributed by atoms with Crippen LogP contribution in [-0.2, 0) is 6.54 Å². The standard InChI is InChI=1S/C20H15ClFN3/c21-16-7-4-8-17(22)15(16)12-25-19-10-2-1-9-18(19)24-20(25)13-5-3-6-14(23)11-13/h1-11H,12,23H2. The van der Waals surface area contributed by atoms with Crippen LogP contribution in [0.1, 0.15) is 5.56 Å². The highest BCUT2D eigenvalue weighted by atomic mass is 35.5. The first-order valence-corrected chi connectivity index (χ1v) is 8.25. The SMILES string of the molecule is Nc1cccc(-c2nc3ccccc3n2Cc2c(F)cccc2Cl)c1. The maximum atomic E-state index is 14.3. The van der Waals surface area contributed by atoms with Gasteiger partial charge >= 0.3 is 0 Å². The molecule has 0 unspecified atom stereocenters. The first-order chi connectivity index (χ1) is 12.1. The normalized spacial score (nSPS) is 11.1. The van der Waals surface area contributed by atoms with Crippen LogP contribution < -0.4 is 5.73 Å². The van der Waals surface area contributed by atoms with E-state index in [9.17, 15) is 4.39 Å². The van der Waals surface area contributed by atoms with Gasteiger partial charge in [-0.25, -0.2) is 9.37 Å². The van der Waals surface area contributed by atoms with Crippen LogP contribution in [0.4, 0.5) is 10.1 Å². The number of rotatable bonds is 3. The number of fused-ring (bicyclic) bond motifs is 1. The van der Waals surface area contributed by atoms with Gasteiger partial charge in [-0.1, -0.05) is 41.9 Å². The number of halogens is 2. The molecule has 0 amide bonds. The van der Waals surface area contributed by atoms with Crippen molar-refractivity contribution in [2.24, 2.45) is 0 Å². The Morgan fingerprint density at radius 1 is 1.00 bits per heavy atom. The van der Waals surface area contributed by atoms with Gasteiger partial charge in [-0.3, -0.25) is 0 Å². The molecule has 25 heavy (non-hydrogen) atoms. The first kappa shape index (κ1) is 15.7. The fraction of sp³-hybridized carbons (Fsp3) is 0.0500. The van der Waals surface area contributed by atoms with Crippen LogP contribution in [0.15, 0.2) is 66.7 Å². The monoisotopic (exact) mass is 351 g/mol. The summed E-state index contributed by atoms with van der Waals surface area (Å²) in [5.41, 5.74) is 9.65. The van der Waals surface area contributed by atoms with Crippen molar-refractivity contribution in [3.05, 3.63) is 83.1 Å². The third-order valence-electron chi connectivity index (χ3n) is 4.18. The lowest BCUT2D eigenvalue weighted by atomic mass is 10.1. The molecule has 0 fully saturated rings. The fourth-order valence-corrected chi connectivity index (χ4v) is 3.20. The topological polar surface area (TPSA) is 43.8 Å². The summed E-state index contributed by atoms with van der Waals surface area (Å²) in [6.07, 6.45) is 0. The number of nitrogens with two attached hydrogens (primary N) is 1. The summed E-state index contributed by atoms with van der Waals surface area (Å²) >= 11 is 6.23. The summed E-state index contributed by atoms with van der Waals surface area (Å²) in [4.78, 5) is 4.72. The van der Waals surface area contributed by atoms with Crippen LogP contribution >= 0.6 is 11.6 Å². The molecule has 0 aliphatic heterocycles. The Bertz CT molecular complexity index is 1050. The molecule has 3 aromatic carbocycles. The number of nitrogen functional groups attached to an aromatic ring is 1. The van der Waals surface area contributed by atoms with Crippen LogP contribution in [0.25, 0.3) is 22.4 Å². The van der Waals surface area contributed by atoms with Crippen LogP contribution in [-0.4, -0.2) is 9.55 Å². The van der Waals surface area contributed by atoms with Gasteiger partial charge in [0, 0.05) is 21.8 Å². The van der Waals surface area contributed by atoms with Gasteiger partial charge in [0.25, 0.3) is 0 Å². The zero-order valence-corrected chi connectivity index (χ0v) is 14.0. The Labute approximate surface area is 149 Å². The summed E-state index contributed by atoms with van der Waals surface area (Å²) in [6.45, 7) is 0.288. The molecule has 0 bridgehead atoms. The van der Waals surface area contributed by atoms with Gasteiger partial charge in [0.05, 0.1) is 17.6 Å². The zero-order valence-electron chi connectivity index (χ0n) is 13.3. The van der Waals surface area contributed by atoms with Crippen LogP contribution in [0.3, 0.4) is 0 Å². The Hall–Kier alpha value is -2.85. The molecule has 4 rings (SSSR count). The van der Waals surface area contributed by atoms with Gasteiger partial charge in [-0.15, -0.1) is 0 Å². The molecule has 4 aromatic rings. The Kier molecular flexibility index (Phi) is 3.90. The first-order valence-electron chi connectivity index (χ1n) is 7.87. The van der Waals surface area contributed by atoms with E-state index in [2.05, 4.69) is 0 Å².